The zero-order valence-corrected chi connectivity index (χ0v) is 16.4. The van der Waals surface area contributed by atoms with Gasteiger partial charge in [-0.2, -0.15) is 0 Å². The van der Waals surface area contributed by atoms with E-state index in [-0.39, 0.29) is 16.8 Å². The Bertz CT molecular complexity index is 937. The molecule has 0 aromatic heterocycles. The van der Waals surface area contributed by atoms with E-state index in [0.717, 1.165) is 28.4 Å². The molecule has 1 saturated carbocycles. The number of aryl methyl sites for hydroxylation is 2. The van der Waals surface area contributed by atoms with Gasteiger partial charge in [-0.1, -0.05) is 22.0 Å². The van der Waals surface area contributed by atoms with Gasteiger partial charge in [-0.05, 0) is 68.1 Å². The maximum Gasteiger partial charge on any atom is 0.255 e. The minimum absolute atomic E-state index is 0.0225. The third-order valence-electron chi connectivity index (χ3n) is 4.08. The summed E-state index contributed by atoms with van der Waals surface area (Å²) in [4.78, 5) is 12.7. The quantitative estimate of drug-likeness (QED) is 0.769. The molecule has 0 saturated heterocycles. The van der Waals surface area contributed by atoms with Gasteiger partial charge >= 0.3 is 0 Å². The summed E-state index contributed by atoms with van der Waals surface area (Å²) in [5, 5.41) is 2.82. The number of carbonyl (C=O) groups is 1. The molecule has 0 bridgehead atoms. The number of sulfonamides is 1. The summed E-state index contributed by atoms with van der Waals surface area (Å²) in [7, 11) is -3.59. The van der Waals surface area contributed by atoms with Crippen LogP contribution in [-0.4, -0.2) is 20.4 Å². The van der Waals surface area contributed by atoms with E-state index in [0.29, 0.717) is 11.3 Å². The second kappa shape index (κ2) is 6.90. The Balaban J connectivity index is 1.86. The van der Waals surface area contributed by atoms with Gasteiger partial charge in [-0.3, -0.25) is 4.79 Å². The summed E-state index contributed by atoms with van der Waals surface area (Å²) < 4.78 is 28.3. The average molecular weight is 423 g/mol. The van der Waals surface area contributed by atoms with E-state index in [4.69, 9.17) is 0 Å². The highest BCUT2D eigenvalue weighted by molar-refractivity contribution is 9.10. The molecule has 2 N–H and O–H groups in total. The van der Waals surface area contributed by atoms with Gasteiger partial charge in [0.05, 0.1) is 4.90 Å². The van der Waals surface area contributed by atoms with Gasteiger partial charge in [0.1, 0.15) is 0 Å². The van der Waals surface area contributed by atoms with Gasteiger partial charge in [0.25, 0.3) is 5.91 Å². The number of rotatable bonds is 5. The second-order valence-corrected chi connectivity index (χ2v) is 8.86. The molecule has 1 aliphatic carbocycles. The molecular formula is C18H19BrN2O3S. The number of nitrogens with one attached hydrogen (secondary N) is 2. The van der Waals surface area contributed by atoms with Crippen LogP contribution in [0.2, 0.25) is 0 Å². The second-order valence-electron chi connectivity index (χ2n) is 6.29. The Morgan fingerprint density at radius 3 is 2.44 bits per heavy atom. The molecule has 2 aromatic carbocycles. The number of benzene rings is 2. The number of amides is 1. The molecule has 0 atom stereocenters. The monoisotopic (exact) mass is 422 g/mol. The van der Waals surface area contributed by atoms with Crippen LogP contribution in [-0.2, 0) is 10.0 Å². The lowest BCUT2D eigenvalue weighted by molar-refractivity contribution is 0.102. The Morgan fingerprint density at radius 1 is 1.08 bits per heavy atom. The van der Waals surface area contributed by atoms with Crippen molar-refractivity contribution in [3.05, 3.63) is 57.6 Å². The first-order valence-corrected chi connectivity index (χ1v) is 10.2. The number of carbonyl (C=O) groups excluding carboxylic acids is 1. The molecule has 0 spiro atoms. The first kappa shape index (κ1) is 18.1. The predicted octanol–water partition coefficient (Wildman–Crippen LogP) is 3.76. The van der Waals surface area contributed by atoms with Gasteiger partial charge in [-0.25, -0.2) is 13.1 Å². The van der Waals surface area contributed by atoms with Crippen LogP contribution < -0.4 is 10.0 Å². The van der Waals surface area contributed by atoms with Crippen molar-refractivity contribution in [3.8, 4) is 0 Å². The fraction of sp³-hybridized carbons (Fsp3) is 0.278. The smallest absolute Gasteiger partial charge is 0.255 e. The highest BCUT2D eigenvalue weighted by atomic mass is 79.9. The first-order chi connectivity index (χ1) is 11.8. The summed E-state index contributed by atoms with van der Waals surface area (Å²) in [5.41, 5.74) is 2.73. The number of halogens is 1. The molecule has 132 valence electrons. The number of anilines is 1. The van der Waals surface area contributed by atoms with Crippen LogP contribution in [0.25, 0.3) is 0 Å². The van der Waals surface area contributed by atoms with E-state index >= 15 is 0 Å². The Kier molecular flexibility index (Phi) is 4.99. The fourth-order valence-corrected chi connectivity index (χ4v) is 4.00. The summed E-state index contributed by atoms with van der Waals surface area (Å²) in [6.07, 6.45) is 1.72. The van der Waals surface area contributed by atoms with Crippen molar-refractivity contribution in [2.75, 3.05) is 5.32 Å². The number of hydrogen-bond acceptors (Lipinski definition) is 3. The van der Waals surface area contributed by atoms with Crippen LogP contribution in [0.4, 0.5) is 5.69 Å². The van der Waals surface area contributed by atoms with Crippen LogP contribution in [0.1, 0.15) is 34.3 Å². The molecule has 0 heterocycles. The highest BCUT2D eigenvalue weighted by Crippen LogP contribution is 2.24. The molecule has 3 rings (SSSR count). The van der Waals surface area contributed by atoms with E-state index < -0.39 is 10.0 Å². The molecular weight excluding hydrogens is 404 g/mol. The minimum atomic E-state index is -3.59. The van der Waals surface area contributed by atoms with E-state index in [1.54, 1.807) is 19.1 Å². The third-order valence-corrected chi connectivity index (χ3v) is 6.49. The molecule has 1 aliphatic rings. The van der Waals surface area contributed by atoms with Gasteiger partial charge in [0.2, 0.25) is 10.0 Å². The van der Waals surface area contributed by atoms with Crippen molar-refractivity contribution in [3.63, 3.8) is 0 Å². The molecule has 1 fully saturated rings. The average Bonchev–Trinajstić information content (AvgIpc) is 3.34. The van der Waals surface area contributed by atoms with Crippen molar-refractivity contribution in [2.24, 2.45) is 0 Å². The predicted molar refractivity (Wildman–Crippen MR) is 101 cm³/mol. The van der Waals surface area contributed by atoms with E-state index in [9.17, 15) is 13.2 Å². The van der Waals surface area contributed by atoms with Crippen LogP contribution in [0.3, 0.4) is 0 Å². The molecule has 0 aliphatic heterocycles. The Morgan fingerprint density at radius 2 is 1.80 bits per heavy atom. The van der Waals surface area contributed by atoms with Crippen molar-refractivity contribution in [1.82, 2.24) is 4.72 Å². The molecule has 25 heavy (non-hydrogen) atoms. The minimum Gasteiger partial charge on any atom is -0.322 e. The van der Waals surface area contributed by atoms with Gasteiger partial charge in [-0.15, -0.1) is 0 Å². The standard InChI is InChI=1S/C18H19BrN2O3S/c1-11-3-7-15(25(23,24)21-13-4-5-13)10-16(11)18(22)20-14-6-8-17(19)12(2)9-14/h3,6-10,13,21H,4-5H2,1-2H3,(H,20,22). The van der Waals surface area contributed by atoms with Crippen molar-refractivity contribution >= 4 is 37.5 Å². The lowest BCUT2D eigenvalue weighted by atomic mass is 10.1. The summed E-state index contributed by atoms with van der Waals surface area (Å²) >= 11 is 3.42. The first-order valence-electron chi connectivity index (χ1n) is 7.97. The molecule has 0 radical (unpaired) electrons. The van der Waals surface area contributed by atoms with Crippen LogP contribution >= 0.6 is 15.9 Å². The van der Waals surface area contributed by atoms with Crippen molar-refractivity contribution < 1.29 is 13.2 Å². The van der Waals surface area contributed by atoms with E-state index in [2.05, 4.69) is 26.0 Å². The summed E-state index contributed by atoms with van der Waals surface area (Å²) in [5.74, 6) is -0.331. The SMILES string of the molecule is Cc1cc(NC(=O)c2cc(S(=O)(=O)NC3CC3)ccc2C)ccc1Br. The topological polar surface area (TPSA) is 75.3 Å². The van der Waals surface area contributed by atoms with Crippen LogP contribution in [0.5, 0.6) is 0 Å². The van der Waals surface area contributed by atoms with Gasteiger partial charge < -0.3 is 5.32 Å². The Labute approximate surface area is 156 Å². The van der Waals surface area contributed by atoms with E-state index in [1.165, 1.54) is 12.1 Å². The van der Waals surface area contributed by atoms with Gasteiger partial charge in [0, 0.05) is 21.8 Å². The normalized spacial score (nSPS) is 14.4. The van der Waals surface area contributed by atoms with Crippen LogP contribution in [0.15, 0.2) is 45.8 Å². The van der Waals surface area contributed by atoms with Crippen molar-refractivity contribution in [1.29, 1.82) is 0 Å². The molecule has 2 aromatic rings. The maximum absolute atomic E-state index is 12.6. The lowest BCUT2D eigenvalue weighted by Gasteiger charge is -2.11. The molecule has 0 unspecified atom stereocenters. The van der Waals surface area contributed by atoms with E-state index in [1.807, 2.05) is 19.1 Å². The molecule has 5 nitrogen and oxygen atoms in total. The number of hydrogen-bond donors (Lipinski definition) is 2. The van der Waals surface area contributed by atoms with Crippen LogP contribution in [0, 0.1) is 13.8 Å². The lowest BCUT2D eigenvalue weighted by Crippen LogP contribution is -2.26. The van der Waals surface area contributed by atoms with Gasteiger partial charge in [0.15, 0.2) is 0 Å². The largest absolute Gasteiger partial charge is 0.322 e. The zero-order valence-electron chi connectivity index (χ0n) is 14.0. The van der Waals surface area contributed by atoms with Crippen molar-refractivity contribution in [2.45, 2.75) is 37.6 Å². The fourth-order valence-electron chi connectivity index (χ4n) is 2.42. The highest BCUT2D eigenvalue weighted by Gasteiger charge is 2.28. The zero-order chi connectivity index (χ0) is 18.2. The molecule has 7 heteroatoms. The summed E-state index contributed by atoms with van der Waals surface area (Å²) in [6.45, 7) is 3.72. The molecule has 1 amide bonds. The third kappa shape index (κ3) is 4.29. The summed E-state index contributed by atoms with van der Waals surface area (Å²) in [6, 6.07) is 10.1. The maximum atomic E-state index is 12.6. The Hall–Kier alpha value is -1.70.